The zero-order chi connectivity index (χ0) is 27.0. The van der Waals surface area contributed by atoms with Crippen LogP contribution in [-0.4, -0.2) is 67.3 Å². The molecule has 2 N–H and O–H groups in total. The van der Waals surface area contributed by atoms with Crippen molar-refractivity contribution in [3.8, 4) is 0 Å². The molecule has 4 heterocycles. The number of piperazine rings is 1. The maximum atomic E-state index is 14.3. The maximum absolute atomic E-state index is 14.3. The zero-order valence-electron chi connectivity index (χ0n) is 22.8. The minimum Gasteiger partial charge on any atom is -0.376 e. The summed E-state index contributed by atoms with van der Waals surface area (Å²) in [6, 6.07) is 5.68. The highest BCUT2D eigenvalue weighted by molar-refractivity contribution is 6.30. The lowest BCUT2D eigenvalue weighted by Gasteiger charge is -2.48. The molecule has 9 nitrogen and oxygen atoms in total. The number of rotatable bonds is 8. The fraction of sp³-hybridized carbons (Fsp3) is 0.593. The van der Waals surface area contributed by atoms with Crippen molar-refractivity contribution in [1.82, 2.24) is 35.0 Å². The van der Waals surface area contributed by atoms with Gasteiger partial charge in [-0.05, 0) is 57.2 Å². The maximum Gasteiger partial charge on any atom is 0.240 e. The smallest absolute Gasteiger partial charge is 0.240 e. The summed E-state index contributed by atoms with van der Waals surface area (Å²) in [6.07, 6.45) is 4.12. The van der Waals surface area contributed by atoms with Crippen molar-refractivity contribution >= 4 is 28.7 Å². The van der Waals surface area contributed by atoms with E-state index in [0.29, 0.717) is 11.9 Å². The first-order chi connectivity index (χ1) is 18.2. The Morgan fingerprint density at radius 1 is 1.18 bits per heavy atom. The third-order valence-corrected chi connectivity index (χ3v) is 8.01. The van der Waals surface area contributed by atoms with Gasteiger partial charge in [-0.1, -0.05) is 31.5 Å². The number of hydrogen-bond donors (Lipinski definition) is 2. The first kappa shape index (κ1) is 27.2. The fourth-order valence-electron chi connectivity index (χ4n) is 5.78. The average molecular weight is 545 g/mol. The lowest BCUT2D eigenvalue weighted by molar-refractivity contribution is -0.0198. The second-order valence-electron chi connectivity index (χ2n) is 11.0. The summed E-state index contributed by atoms with van der Waals surface area (Å²) in [5.74, 6) is 1.34. The fourth-order valence-corrected chi connectivity index (χ4v) is 5.89. The highest BCUT2D eigenvalue weighted by Gasteiger charge is 2.35. The van der Waals surface area contributed by atoms with E-state index in [9.17, 15) is 4.39 Å². The summed E-state index contributed by atoms with van der Waals surface area (Å²) < 4.78 is 22.2. The van der Waals surface area contributed by atoms with E-state index in [4.69, 9.17) is 21.3 Å². The van der Waals surface area contributed by atoms with E-state index in [0.717, 1.165) is 61.6 Å². The Hall–Kier alpha value is -2.37. The van der Waals surface area contributed by atoms with E-state index in [-0.39, 0.29) is 35.1 Å². The molecule has 3 aromatic rings. The predicted octanol–water partition coefficient (Wildman–Crippen LogP) is 4.73. The molecule has 1 aromatic carbocycles. The molecule has 2 saturated heterocycles. The van der Waals surface area contributed by atoms with Crippen LogP contribution in [0.25, 0.3) is 11.2 Å². The summed E-state index contributed by atoms with van der Waals surface area (Å²) >= 11 is 5.96. The molecule has 11 heteroatoms. The molecule has 0 aliphatic carbocycles. The molecule has 2 aromatic heterocycles. The van der Waals surface area contributed by atoms with Gasteiger partial charge in [-0.3, -0.25) is 10.3 Å². The first-order valence-electron chi connectivity index (χ1n) is 13.5. The number of ether oxygens (including phenoxy) is 1. The summed E-state index contributed by atoms with van der Waals surface area (Å²) in [5.41, 5.74) is 9.06. The van der Waals surface area contributed by atoms with Crippen molar-refractivity contribution in [2.75, 3.05) is 25.1 Å². The second-order valence-corrected chi connectivity index (χ2v) is 11.4. The Bertz CT molecular complexity index is 1260. The van der Waals surface area contributed by atoms with E-state index in [1.54, 1.807) is 18.3 Å². The quantitative estimate of drug-likeness (QED) is 0.394. The molecule has 0 bridgehead atoms. The van der Waals surface area contributed by atoms with E-state index >= 15 is 0 Å². The highest BCUT2D eigenvalue weighted by atomic mass is 35.5. The summed E-state index contributed by atoms with van der Waals surface area (Å²) in [7, 11) is 0. The zero-order valence-corrected chi connectivity index (χ0v) is 23.5. The van der Waals surface area contributed by atoms with Crippen molar-refractivity contribution < 1.29 is 9.13 Å². The van der Waals surface area contributed by atoms with Crippen molar-refractivity contribution in [3.05, 3.63) is 46.6 Å². The number of nitrogens with zero attached hydrogens (tertiary/aromatic N) is 6. The standard InChI is InChI=1S/C27H38ClFN8O/c1-16(2)25(20-8-9-22(28)23(29)11-20)35-13-18(4)37(14-17(35)3)34-33-27-30-12-24-26(32-27)36(19(5)31-24)15-21-7-6-10-38-21/h8-9,11-12,16-18,21,25,34H,6-7,10,13-15H2,1-5H3,(H,30,32,33)/t17-,18+,21+,25?/m1/s1. The third kappa shape index (κ3) is 5.65. The van der Waals surface area contributed by atoms with Gasteiger partial charge in [0.1, 0.15) is 17.2 Å². The number of nitrogens with one attached hydrogen (secondary N) is 2. The lowest BCUT2D eigenvalue weighted by Crippen LogP contribution is -2.62. The highest BCUT2D eigenvalue weighted by Crippen LogP contribution is 2.34. The van der Waals surface area contributed by atoms with Crippen molar-refractivity contribution in [2.24, 2.45) is 5.92 Å². The molecule has 1 unspecified atom stereocenters. The molecule has 0 radical (unpaired) electrons. The Morgan fingerprint density at radius 3 is 2.71 bits per heavy atom. The van der Waals surface area contributed by atoms with Crippen LogP contribution in [0.1, 0.15) is 58.0 Å². The van der Waals surface area contributed by atoms with Crippen LogP contribution in [0.2, 0.25) is 5.02 Å². The van der Waals surface area contributed by atoms with E-state index in [1.165, 1.54) is 0 Å². The number of anilines is 1. The molecule has 2 aliphatic rings. The molecule has 0 amide bonds. The van der Waals surface area contributed by atoms with Crippen LogP contribution in [0.4, 0.5) is 10.3 Å². The number of hydrazine groups is 2. The van der Waals surface area contributed by atoms with Crippen LogP contribution in [0.5, 0.6) is 0 Å². The van der Waals surface area contributed by atoms with E-state index < -0.39 is 0 Å². The van der Waals surface area contributed by atoms with Crippen molar-refractivity contribution in [2.45, 2.75) is 78.2 Å². The second kappa shape index (κ2) is 11.4. The SMILES string of the molecule is Cc1nc2cnc(NNN3C[C@@H](C)N(C(c4ccc(Cl)c(F)c4)C(C)C)C[C@@H]3C)nc2n1C[C@@H]1CCCO1. The Kier molecular flexibility index (Phi) is 8.16. The summed E-state index contributed by atoms with van der Waals surface area (Å²) in [5, 5.41) is 2.33. The molecular formula is C27H38ClFN8O. The summed E-state index contributed by atoms with van der Waals surface area (Å²) in [4.78, 5) is 16.3. The van der Waals surface area contributed by atoms with Crippen molar-refractivity contribution in [1.29, 1.82) is 0 Å². The van der Waals surface area contributed by atoms with Crippen LogP contribution in [0, 0.1) is 18.7 Å². The molecule has 4 atom stereocenters. The van der Waals surface area contributed by atoms with E-state index in [2.05, 4.69) is 63.1 Å². The summed E-state index contributed by atoms with van der Waals surface area (Å²) in [6.45, 7) is 13.9. The third-order valence-electron chi connectivity index (χ3n) is 7.71. The number of benzene rings is 1. The topological polar surface area (TPSA) is 83.4 Å². The van der Waals surface area contributed by atoms with Crippen LogP contribution in [0.15, 0.2) is 24.4 Å². The van der Waals surface area contributed by atoms with Gasteiger partial charge in [0.2, 0.25) is 5.95 Å². The van der Waals surface area contributed by atoms with Gasteiger partial charge in [0.15, 0.2) is 5.65 Å². The Balaban J connectivity index is 1.26. The molecule has 2 fully saturated rings. The molecule has 5 rings (SSSR count). The Labute approximate surface area is 228 Å². The minimum absolute atomic E-state index is 0.0902. The van der Waals surface area contributed by atoms with Crippen LogP contribution < -0.4 is 11.0 Å². The van der Waals surface area contributed by atoms with Gasteiger partial charge < -0.3 is 9.30 Å². The van der Waals surface area contributed by atoms with Gasteiger partial charge >= 0.3 is 0 Å². The molecular weight excluding hydrogens is 507 g/mol. The molecule has 2 aliphatic heterocycles. The molecule has 206 valence electrons. The molecule has 0 saturated carbocycles. The normalized spacial score (nSPS) is 23.9. The van der Waals surface area contributed by atoms with Crippen LogP contribution in [-0.2, 0) is 11.3 Å². The number of imidazole rings is 1. The van der Waals surface area contributed by atoms with Crippen LogP contribution in [0.3, 0.4) is 0 Å². The average Bonchev–Trinajstić information content (AvgIpc) is 3.50. The number of fused-ring (bicyclic) bond motifs is 1. The van der Waals surface area contributed by atoms with Gasteiger partial charge in [0, 0.05) is 37.8 Å². The van der Waals surface area contributed by atoms with Gasteiger partial charge in [0.05, 0.1) is 23.9 Å². The minimum atomic E-state index is -0.371. The lowest BCUT2D eigenvalue weighted by atomic mass is 9.91. The van der Waals surface area contributed by atoms with Gasteiger partial charge in [-0.25, -0.2) is 19.4 Å². The number of aromatic nitrogens is 4. The van der Waals surface area contributed by atoms with Crippen LogP contribution >= 0.6 is 11.6 Å². The van der Waals surface area contributed by atoms with Crippen molar-refractivity contribution in [3.63, 3.8) is 0 Å². The number of hydrogen-bond acceptors (Lipinski definition) is 8. The predicted molar refractivity (Wildman–Crippen MR) is 147 cm³/mol. The largest absolute Gasteiger partial charge is 0.376 e. The number of aryl methyl sites for hydroxylation is 1. The van der Waals surface area contributed by atoms with Gasteiger partial charge in [0.25, 0.3) is 0 Å². The molecule has 38 heavy (non-hydrogen) atoms. The van der Waals surface area contributed by atoms with Gasteiger partial charge in [-0.15, -0.1) is 0 Å². The van der Waals surface area contributed by atoms with E-state index in [1.807, 2.05) is 13.0 Å². The number of halogens is 2. The first-order valence-corrected chi connectivity index (χ1v) is 13.9. The Morgan fingerprint density at radius 2 is 2.00 bits per heavy atom. The molecule has 0 spiro atoms. The van der Waals surface area contributed by atoms with Gasteiger partial charge in [-0.2, -0.15) is 10.5 Å². The monoisotopic (exact) mass is 544 g/mol.